The second-order valence-electron chi connectivity index (χ2n) is 6.39. The van der Waals surface area contributed by atoms with Gasteiger partial charge in [-0.3, -0.25) is 4.79 Å². The Hall–Kier alpha value is -2.24. The van der Waals surface area contributed by atoms with E-state index in [1.165, 1.54) is 12.8 Å². The van der Waals surface area contributed by atoms with Crippen molar-refractivity contribution in [3.63, 3.8) is 0 Å². The predicted molar refractivity (Wildman–Crippen MR) is 103 cm³/mol. The molecule has 4 nitrogen and oxygen atoms in total. The summed E-state index contributed by atoms with van der Waals surface area (Å²) in [6.45, 7) is 3.90. The summed E-state index contributed by atoms with van der Waals surface area (Å²) in [5, 5.41) is 8.08. The van der Waals surface area contributed by atoms with Crippen molar-refractivity contribution >= 4 is 28.1 Å². The molecular weight excluding hydrogens is 330 g/mol. The fraction of sp³-hybridized carbons (Fsp3) is 0.300. The molecule has 0 spiro atoms. The number of nitrogens with one attached hydrogen (secondary N) is 1. The molecular formula is C20H21N3OS. The molecule has 1 aliphatic heterocycles. The van der Waals surface area contributed by atoms with Crippen LogP contribution >= 0.6 is 11.3 Å². The van der Waals surface area contributed by atoms with Gasteiger partial charge < -0.3 is 10.2 Å². The Kier molecular flexibility index (Phi) is 4.76. The van der Waals surface area contributed by atoms with Crippen molar-refractivity contribution in [3.05, 3.63) is 52.7 Å². The lowest BCUT2D eigenvalue weighted by molar-refractivity contribution is 0.0951. The zero-order chi connectivity index (χ0) is 17.1. The number of carbonyl (C=O) groups excluding carboxylic acids is 1. The number of para-hydroxylation sites is 1. The van der Waals surface area contributed by atoms with Crippen LogP contribution in [0.1, 0.15) is 23.2 Å². The Morgan fingerprint density at radius 2 is 2.04 bits per heavy atom. The average molecular weight is 351 g/mol. The standard InChI is InChI=1S/C20H21N3OS/c24-20(21-8-11-23-9-3-4-10-23)17-13-19(15-7-12-25-14-15)22-18-6-2-1-5-16(17)18/h1-2,5-7,12-14H,3-4,8-11H2,(H,21,24). The number of hydrogen-bond acceptors (Lipinski definition) is 4. The lowest BCUT2D eigenvalue weighted by Crippen LogP contribution is -2.33. The van der Waals surface area contributed by atoms with Gasteiger partial charge in [0.25, 0.3) is 5.91 Å². The molecule has 1 aromatic carbocycles. The number of nitrogens with zero attached hydrogens (tertiary/aromatic N) is 2. The van der Waals surface area contributed by atoms with Gasteiger partial charge in [-0.25, -0.2) is 4.98 Å². The summed E-state index contributed by atoms with van der Waals surface area (Å²) < 4.78 is 0. The minimum absolute atomic E-state index is 0.0192. The van der Waals surface area contributed by atoms with E-state index in [-0.39, 0.29) is 5.91 Å². The smallest absolute Gasteiger partial charge is 0.252 e. The minimum atomic E-state index is -0.0192. The lowest BCUT2D eigenvalue weighted by Gasteiger charge is -2.15. The van der Waals surface area contributed by atoms with Gasteiger partial charge in [-0.05, 0) is 49.5 Å². The van der Waals surface area contributed by atoms with E-state index >= 15 is 0 Å². The number of hydrogen-bond donors (Lipinski definition) is 1. The molecule has 0 saturated carbocycles. The number of thiophene rings is 1. The van der Waals surface area contributed by atoms with E-state index in [2.05, 4.69) is 15.6 Å². The fourth-order valence-corrected chi connectivity index (χ4v) is 4.00. The highest BCUT2D eigenvalue weighted by molar-refractivity contribution is 7.08. The maximum absolute atomic E-state index is 12.8. The third-order valence-corrected chi connectivity index (χ3v) is 5.37. The molecule has 1 saturated heterocycles. The van der Waals surface area contributed by atoms with Crippen molar-refractivity contribution in [2.24, 2.45) is 0 Å². The highest BCUT2D eigenvalue weighted by Crippen LogP contribution is 2.26. The summed E-state index contributed by atoms with van der Waals surface area (Å²) in [6, 6.07) is 11.8. The molecule has 1 amide bonds. The van der Waals surface area contributed by atoms with Crippen LogP contribution in [0.15, 0.2) is 47.2 Å². The number of likely N-dealkylation sites (tertiary alicyclic amines) is 1. The van der Waals surface area contributed by atoms with Crippen LogP contribution in [0.2, 0.25) is 0 Å². The molecule has 0 atom stereocenters. The molecule has 0 aliphatic carbocycles. The maximum Gasteiger partial charge on any atom is 0.252 e. The second kappa shape index (κ2) is 7.33. The quantitative estimate of drug-likeness (QED) is 0.761. The molecule has 3 aromatic rings. The van der Waals surface area contributed by atoms with Gasteiger partial charge >= 0.3 is 0 Å². The zero-order valence-electron chi connectivity index (χ0n) is 14.1. The Labute approximate surface area is 151 Å². The first-order valence-electron chi connectivity index (χ1n) is 8.74. The van der Waals surface area contributed by atoms with Gasteiger partial charge in [-0.2, -0.15) is 11.3 Å². The average Bonchev–Trinajstić information content (AvgIpc) is 3.34. The first-order valence-corrected chi connectivity index (χ1v) is 9.68. The molecule has 0 unspecified atom stereocenters. The second-order valence-corrected chi connectivity index (χ2v) is 7.17. The molecule has 0 radical (unpaired) electrons. The van der Waals surface area contributed by atoms with Crippen LogP contribution in [0.3, 0.4) is 0 Å². The summed E-state index contributed by atoms with van der Waals surface area (Å²) in [6.07, 6.45) is 2.54. The number of aromatic nitrogens is 1. The van der Waals surface area contributed by atoms with Gasteiger partial charge in [0.2, 0.25) is 0 Å². The van der Waals surface area contributed by atoms with Gasteiger partial charge in [-0.15, -0.1) is 0 Å². The van der Waals surface area contributed by atoms with E-state index in [0.717, 1.165) is 41.8 Å². The van der Waals surface area contributed by atoms with Gasteiger partial charge in [0, 0.05) is 29.4 Å². The van der Waals surface area contributed by atoms with Gasteiger partial charge in [0.05, 0.1) is 16.8 Å². The molecule has 1 aliphatic rings. The van der Waals surface area contributed by atoms with Crippen LogP contribution in [0.4, 0.5) is 0 Å². The normalized spacial score (nSPS) is 14.9. The van der Waals surface area contributed by atoms with Gasteiger partial charge in [0.1, 0.15) is 0 Å². The molecule has 5 heteroatoms. The van der Waals surface area contributed by atoms with Crippen LogP contribution in [-0.4, -0.2) is 42.0 Å². The van der Waals surface area contributed by atoms with E-state index in [1.807, 2.05) is 41.8 Å². The third kappa shape index (κ3) is 3.57. The molecule has 1 N–H and O–H groups in total. The highest BCUT2D eigenvalue weighted by atomic mass is 32.1. The maximum atomic E-state index is 12.8. The van der Waals surface area contributed by atoms with E-state index in [9.17, 15) is 4.79 Å². The molecule has 25 heavy (non-hydrogen) atoms. The number of pyridine rings is 1. The van der Waals surface area contributed by atoms with Crippen molar-refractivity contribution in [2.45, 2.75) is 12.8 Å². The van der Waals surface area contributed by atoms with Gasteiger partial charge in [-0.1, -0.05) is 18.2 Å². The number of fused-ring (bicyclic) bond motifs is 1. The van der Waals surface area contributed by atoms with E-state index < -0.39 is 0 Å². The summed E-state index contributed by atoms with van der Waals surface area (Å²) in [5.74, 6) is -0.0192. The Morgan fingerprint density at radius 1 is 1.20 bits per heavy atom. The van der Waals surface area contributed by atoms with Crippen LogP contribution < -0.4 is 5.32 Å². The molecule has 3 heterocycles. The van der Waals surface area contributed by atoms with Crippen molar-refractivity contribution in [2.75, 3.05) is 26.2 Å². The number of rotatable bonds is 5. The lowest BCUT2D eigenvalue weighted by atomic mass is 10.0. The highest BCUT2D eigenvalue weighted by Gasteiger charge is 2.15. The van der Waals surface area contributed by atoms with Crippen molar-refractivity contribution < 1.29 is 4.79 Å². The van der Waals surface area contributed by atoms with E-state index in [1.54, 1.807) is 11.3 Å². The molecule has 4 rings (SSSR count). The summed E-state index contributed by atoms with van der Waals surface area (Å²) in [5.41, 5.74) is 3.47. The third-order valence-electron chi connectivity index (χ3n) is 4.69. The zero-order valence-corrected chi connectivity index (χ0v) is 14.9. The summed E-state index contributed by atoms with van der Waals surface area (Å²) in [7, 11) is 0. The van der Waals surface area contributed by atoms with Crippen molar-refractivity contribution in [1.82, 2.24) is 15.2 Å². The molecule has 2 aromatic heterocycles. The van der Waals surface area contributed by atoms with Crippen LogP contribution in [0, 0.1) is 0 Å². The predicted octanol–water partition coefficient (Wildman–Crippen LogP) is 3.79. The topological polar surface area (TPSA) is 45.2 Å². The van der Waals surface area contributed by atoms with E-state index in [4.69, 9.17) is 4.98 Å². The largest absolute Gasteiger partial charge is 0.351 e. The van der Waals surface area contributed by atoms with Crippen LogP contribution in [0.5, 0.6) is 0 Å². The summed E-state index contributed by atoms with van der Waals surface area (Å²) >= 11 is 1.64. The van der Waals surface area contributed by atoms with Crippen molar-refractivity contribution in [3.8, 4) is 11.3 Å². The van der Waals surface area contributed by atoms with E-state index in [0.29, 0.717) is 12.1 Å². The SMILES string of the molecule is O=C(NCCN1CCCC1)c1cc(-c2ccsc2)nc2ccccc12. The number of benzene rings is 1. The minimum Gasteiger partial charge on any atom is -0.351 e. The first-order chi connectivity index (χ1) is 12.3. The molecule has 1 fully saturated rings. The monoisotopic (exact) mass is 351 g/mol. The Morgan fingerprint density at radius 3 is 2.84 bits per heavy atom. The number of amides is 1. The molecule has 0 bridgehead atoms. The van der Waals surface area contributed by atoms with Crippen LogP contribution in [0.25, 0.3) is 22.2 Å². The Balaban J connectivity index is 1.59. The van der Waals surface area contributed by atoms with Crippen molar-refractivity contribution in [1.29, 1.82) is 0 Å². The first kappa shape index (κ1) is 16.2. The molecule has 128 valence electrons. The van der Waals surface area contributed by atoms with Crippen LogP contribution in [-0.2, 0) is 0 Å². The summed E-state index contributed by atoms with van der Waals surface area (Å²) in [4.78, 5) is 19.9. The van der Waals surface area contributed by atoms with Gasteiger partial charge in [0.15, 0.2) is 0 Å². The fourth-order valence-electron chi connectivity index (χ4n) is 3.35. The Bertz CT molecular complexity index is 870. The number of carbonyl (C=O) groups is 1.